The number of benzene rings is 1. The molecular formula is C16H14BrNO2. The maximum atomic E-state index is 12.5. The van der Waals surface area contributed by atoms with Crippen molar-refractivity contribution in [2.24, 2.45) is 5.92 Å². The summed E-state index contributed by atoms with van der Waals surface area (Å²) in [6.45, 7) is 0. The predicted molar refractivity (Wildman–Crippen MR) is 80.0 cm³/mol. The molecule has 102 valence electrons. The summed E-state index contributed by atoms with van der Waals surface area (Å²) < 4.78 is 1.02. The number of nitrogens with one attached hydrogen (secondary N) is 1. The number of aromatic nitrogens is 1. The highest BCUT2D eigenvalue weighted by Gasteiger charge is 2.49. The summed E-state index contributed by atoms with van der Waals surface area (Å²) in [5, 5.41) is 1.13. The average Bonchev–Trinajstić information content (AvgIpc) is 2.77. The lowest BCUT2D eigenvalue weighted by Gasteiger charge is -2.46. The molecule has 1 aromatic carbocycles. The van der Waals surface area contributed by atoms with E-state index in [2.05, 4.69) is 27.0 Å². The number of carbonyl (C=O) groups is 2. The summed E-state index contributed by atoms with van der Waals surface area (Å²) in [5.41, 5.74) is 2.85. The van der Waals surface area contributed by atoms with Crippen molar-refractivity contribution in [2.75, 3.05) is 0 Å². The van der Waals surface area contributed by atoms with Gasteiger partial charge in [0.2, 0.25) is 0 Å². The van der Waals surface area contributed by atoms with Gasteiger partial charge >= 0.3 is 0 Å². The van der Waals surface area contributed by atoms with Crippen molar-refractivity contribution in [3.8, 4) is 0 Å². The van der Waals surface area contributed by atoms with E-state index in [0.717, 1.165) is 40.1 Å². The number of hydrogen-bond donors (Lipinski definition) is 1. The number of aromatic amines is 1. The van der Waals surface area contributed by atoms with Gasteiger partial charge in [-0.3, -0.25) is 4.79 Å². The van der Waals surface area contributed by atoms with Crippen LogP contribution in [0, 0.1) is 5.92 Å². The minimum absolute atomic E-state index is 0.0356. The molecule has 0 saturated heterocycles. The van der Waals surface area contributed by atoms with E-state index in [9.17, 15) is 9.59 Å². The van der Waals surface area contributed by atoms with Gasteiger partial charge in [-0.2, -0.15) is 0 Å². The molecule has 0 amide bonds. The van der Waals surface area contributed by atoms with Gasteiger partial charge in [0.1, 0.15) is 6.29 Å². The summed E-state index contributed by atoms with van der Waals surface area (Å²) in [5.74, 6) is -0.515. The van der Waals surface area contributed by atoms with Crippen LogP contribution >= 0.6 is 15.9 Å². The number of rotatable bonds is 1. The second-order valence-corrected chi connectivity index (χ2v) is 6.93. The number of Topliss-reactive ketones (excluding diaryl/α,β-unsaturated/α-hetero) is 1. The molecule has 1 atom stereocenters. The number of ketones is 1. The number of hydrogen-bond acceptors (Lipinski definition) is 2. The molecule has 4 rings (SSSR count). The lowest BCUT2D eigenvalue weighted by atomic mass is 9.56. The Kier molecular flexibility index (Phi) is 2.49. The molecule has 1 spiro atoms. The normalized spacial score (nSPS) is 23.6. The van der Waals surface area contributed by atoms with Crippen LogP contribution in [0.4, 0.5) is 0 Å². The first kappa shape index (κ1) is 12.3. The van der Waals surface area contributed by atoms with Gasteiger partial charge in [-0.1, -0.05) is 22.4 Å². The van der Waals surface area contributed by atoms with Crippen molar-refractivity contribution in [3.05, 3.63) is 33.9 Å². The van der Waals surface area contributed by atoms with Crippen LogP contribution < -0.4 is 0 Å². The van der Waals surface area contributed by atoms with Gasteiger partial charge in [0.15, 0.2) is 5.78 Å². The van der Waals surface area contributed by atoms with Crippen molar-refractivity contribution in [1.29, 1.82) is 0 Å². The topological polar surface area (TPSA) is 49.9 Å². The second-order valence-electron chi connectivity index (χ2n) is 6.01. The van der Waals surface area contributed by atoms with Crippen LogP contribution in [0.1, 0.15) is 41.7 Å². The fourth-order valence-corrected chi connectivity index (χ4v) is 4.23. The van der Waals surface area contributed by atoms with Crippen LogP contribution in [-0.2, 0) is 10.2 Å². The third kappa shape index (κ3) is 1.46. The monoisotopic (exact) mass is 331 g/mol. The van der Waals surface area contributed by atoms with Crippen LogP contribution in [0.25, 0.3) is 10.9 Å². The van der Waals surface area contributed by atoms with Crippen LogP contribution in [0.2, 0.25) is 0 Å². The van der Waals surface area contributed by atoms with E-state index >= 15 is 0 Å². The van der Waals surface area contributed by atoms with E-state index < -0.39 is 5.92 Å². The van der Waals surface area contributed by atoms with Crippen molar-refractivity contribution in [3.63, 3.8) is 0 Å². The molecule has 4 heteroatoms. The zero-order valence-electron chi connectivity index (χ0n) is 10.9. The molecule has 0 radical (unpaired) electrons. The number of carbonyl (C=O) groups excluding carboxylic acids is 2. The summed E-state index contributed by atoms with van der Waals surface area (Å²) in [7, 11) is 0. The first-order valence-electron chi connectivity index (χ1n) is 6.96. The smallest absolute Gasteiger partial charge is 0.189 e. The third-order valence-corrected chi connectivity index (χ3v) is 5.45. The van der Waals surface area contributed by atoms with Gasteiger partial charge in [0.05, 0.1) is 11.6 Å². The van der Waals surface area contributed by atoms with E-state index in [1.165, 1.54) is 6.42 Å². The Morgan fingerprint density at radius 2 is 2.15 bits per heavy atom. The van der Waals surface area contributed by atoms with Crippen molar-refractivity contribution in [1.82, 2.24) is 4.98 Å². The lowest BCUT2D eigenvalue weighted by molar-refractivity contribution is -0.110. The molecule has 0 aliphatic heterocycles. The Labute approximate surface area is 124 Å². The summed E-state index contributed by atoms with van der Waals surface area (Å²) >= 11 is 3.51. The second kappa shape index (κ2) is 4.04. The highest BCUT2D eigenvalue weighted by Crippen LogP contribution is 2.54. The Hall–Kier alpha value is -1.42. The Balaban J connectivity index is 2.04. The molecule has 1 saturated carbocycles. The van der Waals surface area contributed by atoms with Crippen molar-refractivity contribution < 1.29 is 9.59 Å². The molecule has 2 aromatic rings. The van der Waals surface area contributed by atoms with Gasteiger partial charge in [-0.15, -0.1) is 0 Å². The van der Waals surface area contributed by atoms with Gasteiger partial charge in [-0.05, 0) is 48.4 Å². The van der Waals surface area contributed by atoms with Crippen LogP contribution in [0.15, 0.2) is 22.7 Å². The molecule has 1 heterocycles. The maximum absolute atomic E-state index is 12.5. The standard InChI is InChI=1S/C16H14BrNO2/c17-10-2-3-12-11(6-10)13-14(18-12)15(20)9(8-19)7-16(13)4-1-5-16/h2-3,6,8-9,18H,1,4-5,7H2. The quantitative estimate of drug-likeness (QED) is 0.639. The third-order valence-electron chi connectivity index (χ3n) is 4.96. The Morgan fingerprint density at radius 1 is 1.35 bits per heavy atom. The van der Waals surface area contributed by atoms with Crippen LogP contribution in [0.5, 0.6) is 0 Å². The van der Waals surface area contributed by atoms with E-state index in [1.54, 1.807) is 0 Å². The molecule has 1 aromatic heterocycles. The fourth-order valence-electron chi connectivity index (χ4n) is 3.87. The number of aldehydes is 1. The van der Waals surface area contributed by atoms with Gasteiger partial charge < -0.3 is 9.78 Å². The number of H-pyrrole nitrogens is 1. The zero-order chi connectivity index (χ0) is 13.9. The minimum Gasteiger partial charge on any atom is -0.352 e. The molecule has 3 nitrogen and oxygen atoms in total. The minimum atomic E-state index is -0.473. The van der Waals surface area contributed by atoms with Crippen molar-refractivity contribution >= 4 is 38.9 Å². The van der Waals surface area contributed by atoms with E-state index in [-0.39, 0.29) is 11.2 Å². The highest BCUT2D eigenvalue weighted by molar-refractivity contribution is 9.10. The summed E-state index contributed by atoms with van der Waals surface area (Å²) in [4.78, 5) is 26.9. The van der Waals surface area contributed by atoms with E-state index in [1.807, 2.05) is 12.1 Å². The lowest BCUT2D eigenvalue weighted by Crippen LogP contribution is -2.43. The SMILES string of the molecule is O=CC1CC2(CCC2)c2c([nH]c3ccc(Br)cc23)C1=O. The Bertz CT molecular complexity index is 742. The molecule has 2 aliphatic rings. The van der Waals surface area contributed by atoms with Crippen molar-refractivity contribution in [2.45, 2.75) is 31.1 Å². The molecule has 1 unspecified atom stereocenters. The zero-order valence-corrected chi connectivity index (χ0v) is 12.5. The molecule has 1 N–H and O–H groups in total. The van der Waals surface area contributed by atoms with Crippen LogP contribution in [0.3, 0.4) is 0 Å². The predicted octanol–water partition coefficient (Wildman–Crippen LogP) is 3.75. The number of fused-ring (bicyclic) bond motifs is 4. The first-order valence-corrected chi connectivity index (χ1v) is 7.75. The van der Waals surface area contributed by atoms with Gasteiger partial charge in [0, 0.05) is 15.4 Å². The summed E-state index contributed by atoms with van der Waals surface area (Å²) in [6.07, 6.45) is 4.85. The van der Waals surface area contributed by atoms with Crippen LogP contribution in [-0.4, -0.2) is 17.1 Å². The molecule has 0 bridgehead atoms. The molecule has 20 heavy (non-hydrogen) atoms. The Morgan fingerprint density at radius 3 is 2.80 bits per heavy atom. The van der Waals surface area contributed by atoms with Gasteiger partial charge in [-0.25, -0.2) is 0 Å². The van der Waals surface area contributed by atoms with E-state index in [0.29, 0.717) is 12.1 Å². The fraction of sp³-hybridized carbons (Fsp3) is 0.375. The maximum Gasteiger partial charge on any atom is 0.189 e. The number of halogens is 1. The average molecular weight is 332 g/mol. The van der Waals surface area contributed by atoms with Gasteiger partial charge in [0.25, 0.3) is 0 Å². The molecule has 2 aliphatic carbocycles. The highest BCUT2D eigenvalue weighted by atomic mass is 79.9. The molecular weight excluding hydrogens is 318 g/mol. The van der Waals surface area contributed by atoms with E-state index in [4.69, 9.17) is 0 Å². The molecule has 1 fully saturated rings. The first-order chi connectivity index (χ1) is 9.64. The largest absolute Gasteiger partial charge is 0.352 e. The summed E-state index contributed by atoms with van der Waals surface area (Å²) in [6, 6.07) is 6.05.